The largest absolute Gasteiger partial charge is 0.475 e. The smallest absolute Gasteiger partial charge is 0.371 e. The van der Waals surface area contributed by atoms with Crippen molar-refractivity contribution in [3.8, 4) is 0 Å². The molecule has 5 heteroatoms. The summed E-state index contributed by atoms with van der Waals surface area (Å²) in [6, 6.07) is 7.49. The Kier molecular flexibility index (Phi) is 3.69. The number of likely N-dealkylation sites (tertiary alicyclic amines) is 1. The van der Waals surface area contributed by atoms with Gasteiger partial charge in [-0.1, -0.05) is 13.0 Å². The summed E-state index contributed by atoms with van der Waals surface area (Å²) >= 11 is 0. The molecule has 0 amide bonds. The van der Waals surface area contributed by atoms with Gasteiger partial charge < -0.3 is 14.6 Å². The Bertz CT molecular complexity index is 663. The monoisotopic (exact) mass is 289 g/mol. The van der Waals surface area contributed by atoms with Gasteiger partial charge in [-0.2, -0.15) is 0 Å². The van der Waals surface area contributed by atoms with Gasteiger partial charge in [-0.15, -0.1) is 0 Å². The Hall–Kier alpha value is -1.85. The van der Waals surface area contributed by atoms with Crippen molar-refractivity contribution in [2.24, 2.45) is 5.92 Å². The summed E-state index contributed by atoms with van der Waals surface area (Å²) in [4.78, 5) is 13.2. The number of fused-ring (bicyclic) bond motifs is 1. The number of carboxylic acid groups (broad SMARTS) is 1. The Morgan fingerprint density at radius 1 is 1.43 bits per heavy atom. The molecule has 1 aliphatic heterocycles. The van der Waals surface area contributed by atoms with E-state index in [0.717, 1.165) is 30.5 Å². The van der Waals surface area contributed by atoms with Crippen LogP contribution in [-0.4, -0.2) is 40.3 Å². The van der Waals surface area contributed by atoms with Crippen LogP contribution in [-0.2, 0) is 6.54 Å². The second-order valence-corrected chi connectivity index (χ2v) is 5.77. The quantitative estimate of drug-likeness (QED) is 0.903. The van der Waals surface area contributed by atoms with E-state index in [1.807, 2.05) is 18.2 Å². The van der Waals surface area contributed by atoms with Crippen molar-refractivity contribution in [2.45, 2.75) is 25.9 Å². The molecule has 2 N–H and O–H groups in total. The van der Waals surface area contributed by atoms with Crippen molar-refractivity contribution in [3.63, 3.8) is 0 Å². The van der Waals surface area contributed by atoms with Gasteiger partial charge in [-0.05, 0) is 42.6 Å². The van der Waals surface area contributed by atoms with Crippen LogP contribution >= 0.6 is 0 Å². The highest BCUT2D eigenvalue weighted by Crippen LogP contribution is 2.27. The molecule has 0 saturated carbocycles. The van der Waals surface area contributed by atoms with E-state index < -0.39 is 5.97 Å². The number of aliphatic hydroxyl groups excluding tert-OH is 1. The molecule has 2 heterocycles. The van der Waals surface area contributed by atoms with Crippen LogP contribution in [0.15, 0.2) is 28.7 Å². The number of furan rings is 1. The van der Waals surface area contributed by atoms with Crippen LogP contribution in [0.25, 0.3) is 11.0 Å². The topological polar surface area (TPSA) is 73.9 Å². The second-order valence-electron chi connectivity index (χ2n) is 5.77. The van der Waals surface area contributed by atoms with E-state index in [-0.39, 0.29) is 18.4 Å². The van der Waals surface area contributed by atoms with Crippen molar-refractivity contribution in [1.29, 1.82) is 0 Å². The van der Waals surface area contributed by atoms with E-state index >= 15 is 0 Å². The normalized spacial score (nSPS) is 23.0. The van der Waals surface area contributed by atoms with Crippen LogP contribution < -0.4 is 0 Å². The second kappa shape index (κ2) is 5.50. The van der Waals surface area contributed by atoms with Gasteiger partial charge in [0.15, 0.2) is 0 Å². The molecule has 0 aliphatic carbocycles. The fraction of sp³-hybridized carbons (Fsp3) is 0.438. The number of carboxylic acids is 1. The Balaban J connectivity index is 1.83. The van der Waals surface area contributed by atoms with Gasteiger partial charge >= 0.3 is 5.97 Å². The molecule has 2 aromatic rings. The predicted octanol–water partition coefficient (Wildman–Crippen LogP) is 2.33. The third-order valence-corrected chi connectivity index (χ3v) is 4.36. The Labute approximate surface area is 122 Å². The highest BCUT2D eigenvalue weighted by molar-refractivity contribution is 5.91. The number of hydrogen-bond donors (Lipinski definition) is 2. The van der Waals surface area contributed by atoms with Crippen LogP contribution in [0.4, 0.5) is 0 Å². The summed E-state index contributed by atoms with van der Waals surface area (Å²) in [6.45, 7) is 4.09. The average Bonchev–Trinajstić information content (AvgIpc) is 3.02. The molecule has 1 aromatic carbocycles. The molecular weight excluding hydrogens is 270 g/mol. The summed E-state index contributed by atoms with van der Waals surface area (Å²) in [5.74, 6) is -0.585. The van der Waals surface area contributed by atoms with E-state index in [1.165, 1.54) is 0 Å². The first-order valence-electron chi connectivity index (χ1n) is 7.19. The first-order valence-corrected chi connectivity index (χ1v) is 7.19. The van der Waals surface area contributed by atoms with Gasteiger partial charge in [0.05, 0.1) is 6.61 Å². The maximum atomic E-state index is 10.9. The molecule has 1 aliphatic rings. The van der Waals surface area contributed by atoms with Crippen LogP contribution in [0.2, 0.25) is 0 Å². The van der Waals surface area contributed by atoms with E-state index in [4.69, 9.17) is 9.52 Å². The molecule has 0 radical (unpaired) electrons. The van der Waals surface area contributed by atoms with Crippen molar-refractivity contribution in [2.75, 3.05) is 13.2 Å². The lowest BCUT2D eigenvalue weighted by molar-refractivity contribution is 0.0665. The van der Waals surface area contributed by atoms with Gasteiger partial charge in [0.2, 0.25) is 5.76 Å². The number of rotatable bonds is 4. The van der Waals surface area contributed by atoms with Crippen LogP contribution in [0.1, 0.15) is 29.5 Å². The highest BCUT2D eigenvalue weighted by atomic mass is 16.4. The number of benzene rings is 1. The molecule has 2 atom stereocenters. The minimum Gasteiger partial charge on any atom is -0.475 e. The lowest BCUT2D eigenvalue weighted by Crippen LogP contribution is -2.34. The van der Waals surface area contributed by atoms with Crippen molar-refractivity contribution < 1.29 is 19.4 Å². The zero-order valence-corrected chi connectivity index (χ0v) is 12.0. The maximum absolute atomic E-state index is 10.9. The SMILES string of the molecule is CC1CCN(Cc2ccc3oc(C(=O)O)cc3c2)C1CO. The molecule has 112 valence electrons. The van der Waals surface area contributed by atoms with Gasteiger partial charge in [0.25, 0.3) is 0 Å². The number of aromatic carboxylic acids is 1. The number of nitrogens with zero attached hydrogens (tertiary/aromatic N) is 1. The van der Waals surface area contributed by atoms with E-state index in [2.05, 4.69) is 11.8 Å². The van der Waals surface area contributed by atoms with E-state index in [1.54, 1.807) is 6.07 Å². The fourth-order valence-corrected chi connectivity index (χ4v) is 3.11. The van der Waals surface area contributed by atoms with Gasteiger partial charge in [0, 0.05) is 18.0 Å². The standard InChI is InChI=1S/C16H19NO4/c1-10-4-5-17(13(10)9-18)8-11-2-3-14-12(6-11)7-15(21-14)16(19)20/h2-3,6-7,10,13,18H,4-5,8-9H2,1H3,(H,19,20). The number of aliphatic hydroxyl groups is 1. The highest BCUT2D eigenvalue weighted by Gasteiger charge is 2.30. The molecule has 3 rings (SSSR count). The minimum absolute atomic E-state index is 0.0369. The number of hydrogen-bond acceptors (Lipinski definition) is 4. The first kappa shape index (κ1) is 14.1. The lowest BCUT2D eigenvalue weighted by atomic mass is 10.0. The van der Waals surface area contributed by atoms with Crippen LogP contribution in [0.5, 0.6) is 0 Å². The van der Waals surface area contributed by atoms with E-state index in [0.29, 0.717) is 11.5 Å². The molecule has 2 unspecified atom stereocenters. The van der Waals surface area contributed by atoms with Crippen LogP contribution in [0.3, 0.4) is 0 Å². The molecule has 0 spiro atoms. The van der Waals surface area contributed by atoms with Gasteiger partial charge in [0.1, 0.15) is 5.58 Å². The average molecular weight is 289 g/mol. The van der Waals surface area contributed by atoms with Crippen molar-refractivity contribution >= 4 is 16.9 Å². The molecular formula is C16H19NO4. The van der Waals surface area contributed by atoms with Gasteiger partial charge in [-0.25, -0.2) is 4.79 Å². The summed E-state index contributed by atoms with van der Waals surface area (Å²) in [7, 11) is 0. The maximum Gasteiger partial charge on any atom is 0.371 e. The van der Waals surface area contributed by atoms with Gasteiger partial charge in [-0.3, -0.25) is 4.90 Å². The lowest BCUT2D eigenvalue weighted by Gasteiger charge is -2.25. The molecule has 5 nitrogen and oxygen atoms in total. The summed E-state index contributed by atoms with van der Waals surface area (Å²) in [5.41, 5.74) is 1.69. The Morgan fingerprint density at radius 3 is 2.95 bits per heavy atom. The zero-order chi connectivity index (χ0) is 15.0. The van der Waals surface area contributed by atoms with Crippen molar-refractivity contribution in [1.82, 2.24) is 4.90 Å². The van der Waals surface area contributed by atoms with Crippen molar-refractivity contribution in [3.05, 3.63) is 35.6 Å². The minimum atomic E-state index is -1.05. The fourth-order valence-electron chi connectivity index (χ4n) is 3.11. The number of carbonyl (C=O) groups is 1. The third kappa shape index (κ3) is 2.66. The molecule has 1 aromatic heterocycles. The zero-order valence-electron chi connectivity index (χ0n) is 12.0. The summed E-state index contributed by atoms with van der Waals surface area (Å²) in [6.07, 6.45) is 1.10. The Morgan fingerprint density at radius 2 is 2.24 bits per heavy atom. The molecule has 21 heavy (non-hydrogen) atoms. The van der Waals surface area contributed by atoms with E-state index in [9.17, 15) is 9.90 Å². The predicted molar refractivity (Wildman–Crippen MR) is 78.2 cm³/mol. The summed E-state index contributed by atoms with van der Waals surface area (Å²) in [5, 5.41) is 19.3. The third-order valence-electron chi connectivity index (χ3n) is 4.36. The summed E-state index contributed by atoms with van der Waals surface area (Å²) < 4.78 is 5.26. The molecule has 0 bridgehead atoms. The first-order chi connectivity index (χ1) is 10.1. The molecule has 1 fully saturated rings. The van der Waals surface area contributed by atoms with Crippen LogP contribution in [0, 0.1) is 5.92 Å². The molecule has 1 saturated heterocycles.